The number of furan rings is 1. The lowest BCUT2D eigenvalue weighted by Crippen LogP contribution is -2.50. The first-order chi connectivity index (χ1) is 11.7. The molecule has 0 radical (unpaired) electrons. The van der Waals surface area contributed by atoms with Crippen molar-refractivity contribution in [3.8, 4) is 0 Å². The van der Waals surface area contributed by atoms with E-state index >= 15 is 0 Å². The molecule has 1 aliphatic rings. The highest BCUT2D eigenvalue weighted by molar-refractivity contribution is 5.91. The van der Waals surface area contributed by atoms with Crippen LogP contribution in [-0.2, 0) is 16.1 Å². The van der Waals surface area contributed by atoms with Gasteiger partial charge in [-0.05, 0) is 12.1 Å². The smallest absolute Gasteiger partial charge is 0.287 e. The van der Waals surface area contributed by atoms with Crippen LogP contribution in [0.4, 0.5) is 0 Å². The van der Waals surface area contributed by atoms with Crippen molar-refractivity contribution in [1.82, 2.24) is 10.2 Å². The van der Waals surface area contributed by atoms with E-state index in [1.807, 2.05) is 21.1 Å². The molecule has 1 atom stereocenters. The highest BCUT2D eigenvalue weighted by Crippen LogP contribution is 2.12. The number of carboxylic acids is 1. The van der Waals surface area contributed by atoms with E-state index in [1.54, 1.807) is 12.1 Å². The summed E-state index contributed by atoms with van der Waals surface area (Å²) in [5, 5.41) is 13.7. The SMILES string of the molecule is C[N+](C)(C)CC(CC(=O)[O-])NC(=O)c1ccc(CN2CCOCC2)o1. The molecular formula is C17H27N3O5. The number of ether oxygens (including phenoxy) is 1. The molecule has 8 nitrogen and oxygen atoms in total. The van der Waals surface area contributed by atoms with Crippen LogP contribution in [0.3, 0.4) is 0 Å². The van der Waals surface area contributed by atoms with Crippen LogP contribution in [-0.4, -0.2) is 81.3 Å². The van der Waals surface area contributed by atoms with Crippen molar-refractivity contribution < 1.29 is 28.3 Å². The Bertz CT molecular complexity index is 587. The molecule has 0 aliphatic carbocycles. The molecule has 0 saturated carbocycles. The number of carbonyl (C=O) groups is 2. The third-order valence-corrected chi connectivity index (χ3v) is 3.88. The van der Waals surface area contributed by atoms with Gasteiger partial charge < -0.3 is 28.9 Å². The summed E-state index contributed by atoms with van der Waals surface area (Å²) in [6.07, 6.45) is -0.234. The molecule has 1 aromatic rings. The summed E-state index contributed by atoms with van der Waals surface area (Å²) in [5.41, 5.74) is 0. The molecular weight excluding hydrogens is 326 g/mol. The third-order valence-electron chi connectivity index (χ3n) is 3.88. The molecule has 0 bridgehead atoms. The van der Waals surface area contributed by atoms with E-state index in [2.05, 4.69) is 10.2 Å². The molecule has 0 aromatic carbocycles. The highest BCUT2D eigenvalue weighted by atomic mass is 16.5. The van der Waals surface area contributed by atoms with Gasteiger partial charge >= 0.3 is 0 Å². The molecule has 25 heavy (non-hydrogen) atoms. The van der Waals surface area contributed by atoms with Gasteiger partial charge in [0.05, 0.1) is 53.5 Å². The average Bonchev–Trinajstić information content (AvgIpc) is 2.94. The lowest BCUT2D eigenvalue weighted by atomic mass is 10.2. The number of amides is 1. The topological polar surface area (TPSA) is 94.8 Å². The summed E-state index contributed by atoms with van der Waals surface area (Å²) in [4.78, 5) is 25.5. The lowest BCUT2D eigenvalue weighted by Gasteiger charge is -2.29. The Morgan fingerprint density at radius 2 is 1.96 bits per heavy atom. The fourth-order valence-electron chi connectivity index (χ4n) is 2.84. The third kappa shape index (κ3) is 6.85. The van der Waals surface area contributed by atoms with Gasteiger partial charge in [-0.1, -0.05) is 0 Å². The summed E-state index contributed by atoms with van der Waals surface area (Å²) in [7, 11) is 5.80. The highest BCUT2D eigenvalue weighted by Gasteiger charge is 2.23. The molecule has 1 unspecified atom stereocenters. The van der Waals surface area contributed by atoms with Crippen LogP contribution in [0.25, 0.3) is 0 Å². The number of nitrogens with zero attached hydrogens (tertiary/aromatic N) is 2. The maximum absolute atomic E-state index is 12.4. The fraction of sp³-hybridized carbons (Fsp3) is 0.647. The summed E-state index contributed by atoms with van der Waals surface area (Å²) in [6.45, 7) is 4.16. The minimum Gasteiger partial charge on any atom is -0.550 e. The Morgan fingerprint density at radius 1 is 1.28 bits per heavy atom. The number of likely N-dealkylation sites (N-methyl/N-ethyl adjacent to an activating group) is 1. The van der Waals surface area contributed by atoms with Crippen molar-refractivity contribution in [1.29, 1.82) is 0 Å². The Balaban J connectivity index is 1.94. The molecule has 1 amide bonds. The van der Waals surface area contributed by atoms with E-state index in [-0.39, 0.29) is 12.2 Å². The minimum absolute atomic E-state index is 0.188. The van der Waals surface area contributed by atoms with Crippen LogP contribution >= 0.6 is 0 Å². The van der Waals surface area contributed by atoms with Gasteiger partial charge in [0, 0.05) is 25.5 Å². The zero-order valence-electron chi connectivity index (χ0n) is 15.1. The second-order valence-corrected chi connectivity index (χ2v) is 7.37. The fourth-order valence-corrected chi connectivity index (χ4v) is 2.84. The summed E-state index contributed by atoms with van der Waals surface area (Å²) in [6, 6.07) is 2.87. The first-order valence-electron chi connectivity index (χ1n) is 8.43. The number of carbonyl (C=O) groups excluding carboxylic acids is 2. The largest absolute Gasteiger partial charge is 0.550 e. The van der Waals surface area contributed by atoms with Crippen LogP contribution < -0.4 is 10.4 Å². The second kappa shape index (κ2) is 8.46. The number of carboxylic acid groups (broad SMARTS) is 1. The van der Waals surface area contributed by atoms with E-state index in [4.69, 9.17) is 9.15 Å². The van der Waals surface area contributed by atoms with Crippen LogP contribution in [0.1, 0.15) is 22.7 Å². The first-order valence-corrected chi connectivity index (χ1v) is 8.43. The van der Waals surface area contributed by atoms with Crippen molar-refractivity contribution in [3.05, 3.63) is 23.7 Å². The summed E-state index contributed by atoms with van der Waals surface area (Å²) in [5.74, 6) is -0.706. The van der Waals surface area contributed by atoms with Crippen molar-refractivity contribution in [2.24, 2.45) is 0 Å². The molecule has 0 spiro atoms. The molecule has 1 fully saturated rings. The van der Waals surface area contributed by atoms with Gasteiger partial charge in [-0.2, -0.15) is 0 Å². The van der Waals surface area contributed by atoms with Crippen molar-refractivity contribution in [2.45, 2.75) is 19.0 Å². The molecule has 1 aliphatic heterocycles. The normalized spacial score (nSPS) is 17.2. The average molecular weight is 353 g/mol. The molecule has 1 saturated heterocycles. The standard InChI is InChI=1S/C17H27N3O5/c1-20(2,3)12-13(10-16(21)22)18-17(23)15-5-4-14(25-15)11-19-6-8-24-9-7-19/h4-5,13H,6-12H2,1-3H3,(H-,18,21,22,23). The Kier molecular flexibility index (Phi) is 6.57. The number of rotatable bonds is 8. The minimum atomic E-state index is -1.19. The van der Waals surface area contributed by atoms with Crippen LogP contribution in [0.15, 0.2) is 16.5 Å². The van der Waals surface area contributed by atoms with E-state index in [9.17, 15) is 14.7 Å². The molecule has 2 heterocycles. The number of nitrogens with one attached hydrogen (secondary N) is 1. The van der Waals surface area contributed by atoms with Gasteiger partial charge in [-0.15, -0.1) is 0 Å². The Hall–Kier alpha value is -1.90. The van der Waals surface area contributed by atoms with Gasteiger partial charge in [0.15, 0.2) is 5.76 Å². The monoisotopic (exact) mass is 353 g/mol. The Labute approximate surface area is 147 Å². The number of quaternary nitrogens is 1. The number of aliphatic carboxylic acids is 1. The number of morpholine rings is 1. The predicted molar refractivity (Wildman–Crippen MR) is 88.6 cm³/mol. The summed E-state index contributed by atoms with van der Waals surface area (Å²) < 4.78 is 11.5. The maximum atomic E-state index is 12.4. The Morgan fingerprint density at radius 3 is 2.56 bits per heavy atom. The summed E-state index contributed by atoms with van der Waals surface area (Å²) >= 11 is 0. The van der Waals surface area contributed by atoms with Crippen LogP contribution in [0.5, 0.6) is 0 Å². The van der Waals surface area contributed by atoms with Gasteiger partial charge in [-0.3, -0.25) is 9.69 Å². The van der Waals surface area contributed by atoms with Crippen molar-refractivity contribution in [2.75, 3.05) is 54.0 Å². The zero-order chi connectivity index (χ0) is 18.4. The molecule has 1 N–H and O–H groups in total. The van der Waals surface area contributed by atoms with E-state index in [0.29, 0.717) is 36.5 Å². The van der Waals surface area contributed by atoms with E-state index in [1.165, 1.54) is 0 Å². The molecule has 140 valence electrons. The second-order valence-electron chi connectivity index (χ2n) is 7.37. The van der Waals surface area contributed by atoms with Crippen LogP contribution in [0, 0.1) is 0 Å². The predicted octanol–water partition coefficient (Wildman–Crippen LogP) is -0.944. The number of hydrogen-bond donors (Lipinski definition) is 1. The van der Waals surface area contributed by atoms with Gasteiger partial charge in [0.25, 0.3) is 5.91 Å². The van der Waals surface area contributed by atoms with Crippen molar-refractivity contribution in [3.63, 3.8) is 0 Å². The number of hydrogen-bond acceptors (Lipinski definition) is 6. The van der Waals surface area contributed by atoms with Crippen molar-refractivity contribution >= 4 is 11.9 Å². The quantitative estimate of drug-likeness (QED) is 0.606. The lowest BCUT2D eigenvalue weighted by molar-refractivity contribution is -0.871. The molecule has 8 heteroatoms. The van der Waals surface area contributed by atoms with Gasteiger partial charge in [-0.25, -0.2) is 0 Å². The first kappa shape index (κ1) is 19.4. The molecule has 1 aromatic heterocycles. The van der Waals surface area contributed by atoms with Gasteiger partial charge in [0.1, 0.15) is 5.76 Å². The van der Waals surface area contributed by atoms with Crippen LogP contribution in [0.2, 0.25) is 0 Å². The zero-order valence-corrected chi connectivity index (χ0v) is 15.1. The van der Waals surface area contributed by atoms with Gasteiger partial charge in [0.2, 0.25) is 0 Å². The maximum Gasteiger partial charge on any atom is 0.287 e. The molecule has 2 rings (SSSR count). The van der Waals surface area contributed by atoms with E-state index < -0.39 is 17.9 Å². The van der Waals surface area contributed by atoms with E-state index in [0.717, 1.165) is 13.1 Å².